The molecule has 0 amide bonds. The number of benzene rings is 2. The molecule has 0 unspecified atom stereocenters. The molecule has 0 atom stereocenters. The second kappa shape index (κ2) is 10.4. The average molecular weight is 489 g/mol. The van der Waals surface area contributed by atoms with Crippen LogP contribution in [0.15, 0.2) is 54.7 Å². The molecule has 11 heteroatoms. The van der Waals surface area contributed by atoms with E-state index in [0.29, 0.717) is 42.0 Å². The summed E-state index contributed by atoms with van der Waals surface area (Å²) in [5.74, 6) is 0.0698. The highest BCUT2D eigenvalue weighted by Crippen LogP contribution is 2.29. The first-order chi connectivity index (χ1) is 16.0. The Labute approximate surface area is 198 Å². The van der Waals surface area contributed by atoms with Crippen LogP contribution in [0.1, 0.15) is 6.42 Å². The Morgan fingerprint density at radius 2 is 1.70 bits per heavy atom. The summed E-state index contributed by atoms with van der Waals surface area (Å²) in [5, 5.41) is 18.3. The Hall–Kier alpha value is -3.56. The number of halogens is 2. The predicted molar refractivity (Wildman–Crippen MR) is 122 cm³/mol. The number of carboxylic acids is 1. The lowest BCUT2D eigenvalue weighted by atomic mass is 10.3. The highest BCUT2D eigenvalue weighted by molar-refractivity contribution is 6.32. The number of ether oxygens (including phenoxy) is 3. The minimum Gasteiger partial charge on any atom is -0.493 e. The highest BCUT2D eigenvalue weighted by Gasteiger charge is 2.13. The largest absolute Gasteiger partial charge is 0.493 e. The maximum Gasteiger partial charge on any atom is 0.341 e. The molecule has 33 heavy (non-hydrogen) atoms. The van der Waals surface area contributed by atoms with Gasteiger partial charge in [0.05, 0.1) is 23.3 Å². The molecule has 0 fully saturated rings. The maximum absolute atomic E-state index is 10.6. The first kappa shape index (κ1) is 22.6. The molecule has 4 rings (SSSR count). The fourth-order valence-corrected chi connectivity index (χ4v) is 3.26. The average Bonchev–Trinajstić information content (AvgIpc) is 3.23. The molecular weight excluding hydrogens is 471 g/mol. The molecule has 0 radical (unpaired) electrons. The zero-order chi connectivity index (χ0) is 23.2. The molecule has 0 spiro atoms. The van der Waals surface area contributed by atoms with Gasteiger partial charge in [0.15, 0.2) is 6.61 Å². The number of carbonyl (C=O) groups is 1. The maximum atomic E-state index is 10.6. The summed E-state index contributed by atoms with van der Waals surface area (Å²) < 4.78 is 16.6. The lowest BCUT2D eigenvalue weighted by Crippen LogP contribution is -2.10. The van der Waals surface area contributed by atoms with E-state index in [0.717, 1.165) is 11.0 Å². The van der Waals surface area contributed by atoms with Crippen molar-refractivity contribution in [3.8, 4) is 23.1 Å². The molecule has 4 aromatic rings. The van der Waals surface area contributed by atoms with E-state index >= 15 is 0 Å². The number of rotatable bonds is 10. The van der Waals surface area contributed by atoms with Crippen LogP contribution in [0.4, 0.5) is 0 Å². The summed E-state index contributed by atoms with van der Waals surface area (Å²) in [5.41, 5.74) is 2.02. The highest BCUT2D eigenvalue weighted by atomic mass is 35.5. The van der Waals surface area contributed by atoms with Gasteiger partial charge >= 0.3 is 5.97 Å². The molecule has 0 aliphatic rings. The van der Waals surface area contributed by atoms with Gasteiger partial charge < -0.3 is 19.3 Å². The molecule has 0 aliphatic heterocycles. The molecule has 2 aromatic heterocycles. The summed E-state index contributed by atoms with van der Waals surface area (Å²) in [7, 11) is 0. The van der Waals surface area contributed by atoms with E-state index in [4.69, 9.17) is 42.5 Å². The topological polar surface area (TPSA) is 109 Å². The molecule has 2 aromatic carbocycles. The molecule has 0 bridgehead atoms. The van der Waals surface area contributed by atoms with Crippen LogP contribution in [0.3, 0.4) is 0 Å². The molecular formula is C22H18Cl2N4O5. The third-order valence-corrected chi connectivity index (χ3v) is 4.85. The van der Waals surface area contributed by atoms with E-state index in [-0.39, 0.29) is 10.8 Å². The van der Waals surface area contributed by atoms with Crippen LogP contribution in [0.5, 0.6) is 17.4 Å². The Bertz CT molecular complexity index is 1250. The molecule has 2 heterocycles. The van der Waals surface area contributed by atoms with Crippen molar-refractivity contribution < 1.29 is 24.1 Å². The number of pyridine rings is 1. The second-order valence-corrected chi connectivity index (χ2v) is 7.62. The van der Waals surface area contributed by atoms with Crippen LogP contribution >= 0.6 is 23.2 Å². The van der Waals surface area contributed by atoms with Crippen molar-refractivity contribution in [1.29, 1.82) is 0 Å². The van der Waals surface area contributed by atoms with Crippen molar-refractivity contribution in [2.45, 2.75) is 6.42 Å². The first-order valence-corrected chi connectivity index (χ1v) is 10.6. The summed E-state index contributed by atoms with van der Waals surface area (Å²) in [4.78, 5) is 16.3. The van der Waals surface area contributed by atoms with Gasteiger partial charge in [0.25, 0.3) is 0 Å². The molecule has 9 nitrogen and oxygen atoms in total. The number of nitrogens with zero attached hydrogens (tertiary/aromatic N) is 4. The fraction of sp³-hybridized carbons (Fsp3) is 0.182. The van der Waals surface area contributed by atoms with Crippen molar-refractivity contribution in [3.63, 3.8) is 0 Å². The van der Waals surface area contributed by atoms with Crippen LogP contribution in [-0.2, 0) is 4.79 Å². The van der Waals surface area contributed by atoms with Crippen LogP contribution in [0.25, 0.3) is 16.7 Å². The molecule has 0 saturated carbocycles. The van der Waals surface area contributed by atoms with Crippen molar-refractivity contribution in [2.24, 2.45) is 0 Å². The van der Waals surface area contributed by atoms with Crippen molar-refractivity contribution in [2.75, 3.05) is 19.8 Å². The van der Waals surface area contributed by atoms with Gasteiger partial charge in [-0.3, -0.25) is 0 Å². The van der Waals surface area contributed by atoms with E-state index in [2.05, 4.69) is 15.2 Å². The quantitative estimate of drug-likeness (QED) is 0.326. The second-order valence-electron chi connectivity index (χ2n) is 6.78. The third kappa shape index (κ3) is 5.82. The molecule has 170 valence electrons. The Morgan fingerprint density at radius 3 is 2.39 bits per heavy atom. The van der Waals surface area contributed by atoms with Crippen LogP contribution in [0.2, 0.25) is 10.0 Å². The number of carboxylic acid groups (broad SMARTS) is 1. The van der Waals surface area contributed by atoms with E-state index in [1.165, 1.54) is 11.0 Å². The van der Waals surface area contributed by atoms with Crippen LogP contribution in [0, 0.1) is 0 Å². The van der Waals surface area contributed by atoms with Crippen molar-refractivity contribution >= 4 is 40.2 Å². The van der Waals surface area contributed by atoms with Gasteiger partial charge in [-0.2, -0.15) is 0 Å². The summed E-state index contributed by atoms with van der Waals surface area (Å²) >= 11 is 12.2. The summed E-state index contributed by atoms with van der Waals surface area (Å²) in [6.45, 7) is 0.219. The fourth-order valence-electron chi connectivity index (χ4n) is 2.88. The molecule has 1 N–H and O–H groups in total. The SMILES string of the molecule is O=C(O)COc1ccc(OCCCOc2ncc(Cl)cc2-n2nc3ccccc3n2)cc1Cl. The van der Waals surface area contributed by atoms with Crippen molar-refractivity contribution in [3.05, 3.63) is 64.8 Å². The minimum absolute atomic E-state index is 0.263. The van der Waals surface area contributed by atoms with Crippen molar-refractivity contribution in [1.82, 2.24) is 20.0 Å². The van der Waals surface area contributed by atoms with E-state index in [1.807, 2.05) is 24.3 Å². The summed E-state index contributed by atoms with van der Waals surface area (Å²) in [6, 6.07) is 14.0. The Morgan fingerprint density at radius 1 is 0.970 bits per heavy atom. The lowest BCUT2D eigenvalue weighted by molar-refractivity contribution is -0.139. The Kier molecular flexibility index (Phi) is 7.11. The van der Waals surface area contributed by atoms with Gasteiger partial charge in [0, 0.05) is 18.7 Å². The minimum atomic E-state index is -1.08. The van der Waals surface area contributed by atoms with Gasteiger partial charge in [-0.15, -0.1) is 15.0 Å². The monoisotopic (exact) mass is 488 g/mol. The molecule has 0 saturated heterocycles. The first-order valence-electron chi connectivity index (χ1n) is 9.87. The summed E-state index contributed by atoms with van der Waals surface area (Å²) in [6.07, 6.45) is 2.06. The standard InChI is InChI=1S/C22H18Cl2N4O5/c23-14-10-19(28-26-17-4-1-2-5-18(17)27-28)22(25-12-14)32-9-3-8-31-15-6-7-20(16(24)11-15)33-13-21(29)30/h1-2,4-7,10-12H,3,8-9,13H2,(H,29,30). The van der Waals surface area contributed by atoms with Gasteiger partial charge in [-0.25, -0.2) is 9.78 Å². The molecule has 0 aliphatic carbocycles. The van der Waals surface area contributed by atoms with Gasteiger partial charge in [-0.05, 0) is 30.3 Å². The van der Waals surface area contributed by atoms with E-state index in [1.54, 1.807) is 24.3 Å². The zero-order valence-electron chi connectivity index (χ0n) is 17.1. The zero-order valence-corrected chi connectivity index (χ0v) is 18.7. The van der Waals surface area contributed by atoms with Gasteiger partial charge in [0.2, 0.25) is 5.88 Å². The number of fused-ring (bicyclic) bond motifs is 1. The van der Waals surface area contributed by atoms with Crippen LogP contribution in [-0.4, -0.2) is 50.9 Å². The van der Waals surface area contributed by atoms with E-state index in [9.17, 15) is 4.79 Å². The number of aromatic nitrogens is 4. The number of aliphatic carboxylic acids is 1. The van der Waals surface area contributed by atoms with Gasteiger partial charge in [0.1, 0.15) is 28.2 Å². The van der Waals surface area contributed by atoms with E-state index < -0.39 is 12.6 Å². The smallest absolute Gasteiger partial charge is 0.341 e. The van der Waals surface area contributed by atoms with Crippen LogP contribution < -0.4 is 14.2 Å². The van der Waals surface area contributed by atoms with Gasteiger partial charge in [-0.1, -0.05) is 35.3 Å². The number of hydrogen-bond acceptors (Lipinski definition) is 7. The number of hydrogen-bond donors (Lipinski definition) is 1. The Balaban J connectivity index is 1.33. The third-order valence-electron chi connectivity index (χ3n) is 4.35. The predicted octanol–water partition coefficient (Wildman–Crippen LogP) is 4.43. The lowest BCUT2D eigenvalue weighted by Gasteiger charge is -2.11. The normalized spacial score (nSPS) is 10.8.